The lowest BCUT2D eigenvalue weighted by Gasteiger charge is -2.08. The number of aryl methyl sites for hydroxylation is 1. The van der Waals surface area contributed by atoms with Crippen molar-refractivity contribution in [2.45, 2.75) is 25.6 Å². The van der Waals surface area contributed by atoms with Crippen LogP contribution in [0.4, 0.5) is 13.2 Å². The molecular weight excluding hydrogens is 349 g/mol. The van der Waals surface area contributed by atoms with Gasteiger partial charge in [0.05, 0.1) is 20.8 Å². The first-order chi connectivity index (χ1) is 11.9. The zero-order valence-electron chi connectivity index (χ0n) is 13.1. The van der Waals surface area contributed by atoms with Gasteiger partial charge in [0.2, 0.25) is 5.91 Å². The van der Waals surface area contributed by atoms with Crippen molar-refractivity contribution in [1.29, 1.82) is 0 Å². The van der Waals surface area contributed by atoms with Gasteiger partial charge in [-0.2, -0.15) is 13.2 Å². The molecule has 3 rings (SSSR count). The summed E-state index contributed by atoms with van der Waals surface area (Å²) in [7, 11) is 0. The minimum absolute atomic E-state index is 0.154. The molecule has 1 aromatic heterocycles. The highest BCUT2D eigenvalue weighted by Crippen LogP contribution is 2.29. The molecule has 0 saturated carbocycles. The number of fused-ring (bicyclic) bond motifs is 1. The molecule has 25 heavy (non-hydrogen) atoms. The van der Waals surface area contributed by atoms with Crippen LogP contribution >= 0.6 is 11.3 Å². The molecule has 0 aliphatic heterocycles. The largest absolute Gasteiger partial charge is 0.416 e. The number of para-hydroxylation sites is 1. The lowest BCUT2D eigenvalue weighted by Crippen LogP contribution is -2.23. The van der Waals surface area contributed by atoms with E-state index in [4.69, 9.17) is 0 Å². The Morgan fingerprint density at radius 2 is 1.80 bits per heavy atom. The second-order valence-electron chi connectivity index (χ2n) is 5.55. The van der Waals surface area contributed by atoms with Gasteiger partial charge < -0.3 is 5.32 Å². The predicted molar refractivity (Wildman–Crippen MR) is 91.2 cm³/mol. The number of hydrogen-bond donors (Lipinski definition) is 1. The summed E-state index contributed by atoms with van der Waals surface area (Å²) in [5.74, 6) is -0.154. The van der Waals surface area contributed by atoms with E-state index in [-0.39, 0.29) is 12.5 Å². The van der Waals surface area contributed by atoms with Gasteiger partial charge >= 0.3 is 6.18 Å². The molecule has 1 N–H and O–H groups in total. The number of rotatable bonds is 5. The second kappa shape index (κ2) is 7.23. The highest BCUT2D eigenvalue weighted by Gasteiger charge is 2.29. The Labute approximate surface area is 146 Å². The Balaban J connectivity index is 1.49. The standard InChI is InChI=1S/C18H15F3N2OS/c19-18(20,21)13-7-5-12(6-8-13)11-22-16(24)9-10-17-23-14-3-1-2-4-15(14)25-17/h1-8H,9-11H2,(H,22,24). The number of nitrogens with zero attached hydrogens (tertiary/aromatic N) is 1. The van der Waals surface area contributed by atoms with Gasteiger partial charge in [-0.05, 0) is 29.8 Å². The van der Waals surface area contributed by atoms with Crippen LogP contribution in [0, 0.1) is 0 Å². The number of halogens is 3. The summed E-state index contributed by atoms with van der Waals surface area (Å²) in [5, 5.41) is 3.61. The molecule has 0 unspecified atom stereocenters. The number of alkyl halides is 3. The van der Waals surface area contributed by atoms with Crippen molar-refractivity contribution in [2.75, 3.05) is 0 Å². The van der Waals surface area contributed by atoms with Gasteiger partial charge in [-0.3, -0.25) is 4.79 Å². The fourth-order valence-corrected chi connectivity index (χ4v) is 3.31. The third kappa shape index (κ3) is 4.57. The molecule has 0 spiro atoms. The minimum atomic E-state index is -4.35. The summed E-state index contributed by atoms with van der Waals surface area (Å²) in [4.78, 5) is 16.4. The van der Waals surface area contributed by atoms with E-state index in [2.05, 4.69) is 10.3 Å². The summed E-state index contributed by atoms with van der Waals surface area (Å²) >= 11 is 1.56. The lowest BCUT2D eigenvalue weighted by atomic mass is 10.1. The van der Waals surface area contributed by atoms with E-state index in [0.717, 1.165) is 27.4 Å². The first-order valence-electron chi connectivity index (χ1n) is 7.69. The maximum atomic E-state index is 12.5. The number of hydrogen-bond acceptors (Lipinski definition) is 3. The van der Waals surface area contributed by atoms with Gasteiger partial charge in [0.15, 0.2) is 0 Å². The van der Waals surface area contributed by atoms with E-state index in [1.54, 1.807) is 11.3 Å². The summed E-state index contributed by atoms with van der Waals surface area (Å²) in [6.45, 7) is 0.205. The summed E-state index contributed by atoms with van der Waals surface area (Å²) in [6, 6.07) is 12.6. The molecule has 0 aliphatic rings. The highest BCUT2D eigenvalue weighted by atomic mass is 32.1. The quantitative estimate of drug-likeness (QED) is 0.721. The van der Waals surface area contributed by atoms with Crippen LogP contribution in [0.5, 0.6) is 0 Å². The van der Waals surface area contributed by atoms with Crippen molar-refractivity contribution in [1.82, 2.24) is 10.3 Å². The fraction of sp³-hybridized carbons (Fsp3) is 0.222. The highest BCUT2D eigenvalue weighted by molar-refractivity contribution is 7.18. The van der Waals surface area contributed by atoms with E-state index in [0.29, 0.717) is 18.4 Å². The number of aromatic nitrogens is 1. The van der Waals surface area contributed by atoms with Crippen LogP contribution in [0.1, 0.15) is 22.6 Å². The van der Waals surface area contributed by atoms with Crippen molar-refractivity contribution in [3.05, 3.63) is 64.7 Å². The lowest BCUT2D eigenvalue weighted by molar-refractivity contribution is -0.137. The van der Waals surface area contributed by atoms with Gasteiger partial charge in [0.25, 0.3) is 0 Å². The van der Waals surface area contributed by atoms with E-state index >= 15 is 0 Å². The molecule has 2 aromatic carbocycles. The van der Waals surface area contributed by atoms with Crippen LogP contribution in [-0.4, -0.2) is 10.9 Å². The second-order valence-corrected chi connectivity index (χ2v) is 6.66. The predicted octanol–water partition coefficient (Wildman–Crippen LogP) is 4.56. The van der Waals surface area contributed by atoms with Crippen molar-refractivity contribution < 1.29 is 18.0 Å². The van der Waals surface area contributed by atoms with E-state index < -0.39 is 11.7 Å². The van der Waals surface area contributed by atoms with Gasteiger partial charge in [0.1, 0.15) is 0 Å². The molecule has 0 atom stereocenters. The summed E-state index contributed by atoms with van der Waals surface area (Å²) in [6.07, 6.45) is -3.52. The van der Waals surface area contributed by atoms with Gasteiger partial charge in [-0.15, -0.1) is 11.3 Å². The Bertz CT molecular complexity index is 839. The van der Waals surface area contributed by atoms with Crippen LogP contribution in [0.15, 0.2) is 48.5 Å². The van der Waals surface area contributed by atoms with Crippen molar-refractivity contribution in [3.63, 3.8) is 0 Å². The van der Waals surface area contributed by atoms with Crippen LogP contribution in [-0.2, 0) is 23.9 Å². The van der Waals surface area contributed by atoms with E-state index in [1.807, 2.05) is 24.3 Å². The topological polar surface area (TPSA) is 42.0 Å². The average molecular weight is 364 g/mol. The number of amides is 1. The number of carbonyl (C=O) groups is 1. The van der Waals surface area contributed by atoms with Crippen molar-refractivity contribution in [2.24, 2.45) is 0 Å². The van der Waals surface area contributed by atoms with Crippen molar-refractivity contribution >= 4 is 27.5 Å². The Hall–Kier alpha value is -2.41. The first kappa shape index (κ1) is 17.4. The molecule has 0 radical (unpaired) electrons. The van der Waals surface area contributed by atoms with Gasteiger partial charge in [-0.1, -0.05) is 24.3 Å². The SMILES string of the molecule is O=C(CCc1nc2ccccc2s1)NCc1ccc(C(F)(F)F)cc1. The normalized spacial score (nSPS) is 11.6. The molecule has 3 aromatic rings. The smallest absolute Gasteiger partial charge is 0.352 e. The molecule has 1 heterocycles. The fourth-order valence-electron chi connectivity index (χ4n) is 2.35. The number of carbonyl (C=O) groups excluding carboxylic acids is 1. The third-order valence-electron chi connectivity index (χ3n) is 3.68. The molecule has 3 nitrogen and oxygen atoms in total. The molecule has 0 saturated heterocycles. The van der Waals surface area contributed by atoms with E-state index in [9.17, 15) is 18.0 Å². The monoisotopic (exact) mass is 364 g/mol. The van der Waals surface area contributed by atoms with Crippen molar-refractivity contribution in [3.8, 4) is 0 Å². The number of benzene rings is 2. The van der Waals surface area contributed by atoms with Crippen LogP contribution in [0.2, 0.25) is 0 Å². The maximum Gasteiger partial charge on any atom is 0.416 e. The Kier molecular flexibility index (Phi) is 5.03. The van der Waals surface area contributed by atoms with Gasteiger partial charge in [-0.25, -0.2) is 4.98 Å². The summed E-state index contributed by atoms with van der Waals surface area (Å²) in [5.41, 5.74) is 0.854. The number of thiazole rings is 1. The minimum Gasteiger partial charge on any atom is -0.352 e. The summed E-state index contributed by atoms with van der Waals surface area (Å²) < 4.78 is 38.6. The van der Waals surface area contributed by atoms with Crippen LogP contribution in [0.25, 0.3) is 10.2 Å². The zero-order valence-corrected chi connectivity index (χ0v) is 14.0. The zero-order chi connectivity index (χ0) is 17.9. The number of nitrogens with one attached hydrogen (secondary N) is 1. The Morgan fingerprint density at radius 3 is 2.48 bits per heavy atom. The third-order valence-corrected chi connectivity index (χ3v) is 4.77. The van der Waals surface area contributed by atoms with E-state index in [1.165, 1.54) is 12.1 Å². The molecule has 0 aliphatic carbocycles. The molecule has 130 valence electrons. The molecule has 0 bridgehead atoms. The molecular formula is C18H15F3N2OS. The van der Waals surface area contributed by atoms with Crippen LogP contribution < -0.4 is 5.32 Å². The Morgan fingerprint density at radius 1 is 1.08 bits per heavy atom. The molecule has 1 amide bonds. The average Bonchev–Trinajstić information content (AvgIpc) is 3.00. The van der Waals surface area contributed by atoms with Gasteiger partial charge in [0, 0.05) is 19.4 Å². The first-order valence-corrected chi connectivity index (χ1v) is 8.51. The van der Waals surface area contributed by atoms with Crippen LogP contribution in [0.3, 0.4) is 0 Å². The molecule has 7 heteroatoms. The maximum absolute atomic E-state index is 12.5. The molecule has 0 fully saturated rings.